The highest BCUT2D eigenvalue weighted by Gasteiger charge is 2.29. The molecule has 1 aromatic rings. The number of amides is 1. The van der Waals surface area contributed by atoms with Crippen LogP contribution < -0.4 is 0 Å². The highest BCUT2D eigenvalue weighted by molar-refractivity contribution is 8.00. The number of hydrogen-bond donors (Lipinski definition) is 1. The smallest absolute Gasteiger partial charge is 0.233 e. The third-order valence-electron chi connectivity index (χ3n) is 3.77. The summed E-state index contributed by atoms with van der Waals surface area (Å²) in [5.74, 6) is -0.171. The van der Waals surface area contributed by atoms with E-state index in [2.05, 4.69) is 0 Å². The fraction of sp³-hybridized carbons (Fsp3) is 0.533. The number of hydrogen-bond acceptors (Lipinski definition) is 3. The van der Waals surface area contributed by atoms with Crippen molar-refractivity contribution in [1.29, 1.82) is 0 Å². The minimum Gasteiger partial charge on any atom is -0.391 e. The molecule has 0 spiro atoms. The molecule has 1 aliphatic carbocycles. The molecule has 110 valence electrons. The summed E-state index contributed by atoms with van der Waals surface area (Å²) < 4.78 is 13.5. The standard InChI is InChI=1S/C15H20FNO2S/c1-17(12-7-3-4-8-13(12)18)15(19)10-20-14-9-5-2-6-11(14)16/h2,5-6,9,12-13,18H,3-4,7-8,10H2,1H3. The molecule has 0 radical (unpaired) electrons. The van der Waals surface area contributed by atoms with E-state index >= 15 is 0 Å². The summed E-state index contributed by atoms with van der Waals surface area (Å²) in [6, 6.07) is 6.35. The first-order valence-corrected chi connectivity index (χ1v) is 7.89. The van der Waals surface area contributed by atoms with Gasteiger partial charge in [-0.05, 0) is 25.0 Å². The summed E-state index contributed by atoms with van der Waals surface area (Å²) in [6.07, 6.45) is 3.22. The van der Waals surface area contributed by atoms with Crippen LogP contribution in [0.4, 0.5) is 4.39 Å². The first-order valence-electron chi connectivity index (χ1n) is 6.90. The van der Waals surface area contributed by atoms with Gasteiger partial charge in [0.25, 0.3) is 0 Å². The van der Waals surface area contributed by atoms with Gasteiger partial charge in [-0.15, -0.1) is 11.8 Å². The monoisotopic (exact) mass is 297 g/mol. The fourth-order valence-electron chi connectivity index (χ4n) is 2.53. The number of halogens is 1. The quantitative estimate of drug-likeness (QED) is 0.869. The Kier molecular flexibility index (Phi) is 5.43. The summed E-state index contributed by atoms with van der Waals surface area (Å²) in [4.78, 5) is 14.3. The van der Waals surface area contributed by atoms with Gasteiger partial charge < -0.3 is 10.0 Å². The molecule has 0 saturated heterocycles. The Morgan fingerprint density at radius 3 is 2.80 bits per heavy atom. The molecule has 0 heterocycles. The van der Waals surface area contributed by atoms with Crippen LogP contribution in [-0.4, -0.2) is 40.9 Å². The Morgan fingerprint density at radius 1 is 1.40 bits per heavy atom. The third kappa shape index (κ3) is 3.73. The number of aliphatic hydroxyl groups is 1. The summed E-state index contributed by atoms with van der Waals surface area (Å²) in [6.45, 7) is 0. The average Bonchev–Trinajstić information content (AvgIpc) is 2.46. The van der Waals surface area contributed by atoms with Crippen LogP contribution in [0.15, 0.2) is 29.2 Å². The van der Waals surface area contributed by atoms with Crippen LogP contribution in [0, 0.1) is 5.82 Å². The second kappa shape index (κ2) is 7.09. The van der Waals surface area contributed by atoms with E-state index in [4.69, 9.17) is 0 Å². The lowest BCUT2D eigenvalue weighted by atomic mass is 9.91. The maximum Gasteiger partial charge on any atom is 0.233 e. The third-order valence-corrected chi connectivity index (χ3v) is 4.81. The SMILES string of the molecule is CN(C(=O)CSc1ccccc1F)C1CCCCC1O. The van der Waals surface area contributed by atoms with Crippen LogP contribution in [0.2, 0.25) is 0 Å². The number of nitrogens with zero attached hydrogens (tertiary/aromatic N) is 1. The molecule has 1 aliphatic rings. The highest BCUT2D eigenvalue weighted by Crippen LogP contribution is 2.25. The first-order chi connectivity index (χ1) is 9.59. The van der Waals surface area contributed by atoms with Crippen molar-refractivity contribution in [3.63, 3.8) is 0 Å². The van der Waals surface area contributed by atoms with Crippen LogP contribution in [0.3, 0.4) is 0 Å². The summed E-state index contributed by atoms with van der Waals surface area (Å²) in [5, 5.41) is 9.96. The summed E-state index contributed by atoms with van der Waals surface area (Å²) in [5.41, 5.74) is 0. The van der Waals surface area contributed by atoms with Gasteiger partial charge in [-0.3, -0.25) is 4.79 Å². The van der Waals surface area contributed by atoms with Gasteiger partial charge in [-0.2, -0.15) is 0 Å². The highest BCUT2D eigenvalue weighted by atomic mass is 32.2. The molecule has 3 nitrogen and oxygen atoms in total. The molecule has 1 N–H and O–H groups in total. The maximum absolute atomic E-state index is 13.5. The lowest BCUT2D eigenvalue weighted by Crippen LogP contribution is -2.46. The number of rotatable bonds is 4. The molecule has 0 bridgehead atoms. The van der Waals surface area contributed by atoms with Crippen molar-refractivity contribution in [2.45, 2.75) is 42.7 Å². The number of aliphatic hydroxyl groups excluding tert-OH is 1. The Morgan fingerprint density at radius 2 is 2.10 bits per heavy atom. The van der Waals surface area contributed by atoms with E-state index in [-0.39, 0.29) is 23.5 Å². The molecular formula is C15H20FNO2S. The van der Waals surface area contributed by atoms with Crippen molar-refractivity contribution in [1.82, 2.24) is 4.90 Å². The molecule has 2 rings (SSSR count). The van der Waals surface area contributed by atoms with Crippen LogP contribution in [0.25, 0.3) is 0 Å². The zero-order chi connectivity index (χ0) is 14.5. The summed E-state index contributed by atoms with van der Waals surface area (Å²) >= 11 is 1.20. The molecular weight excluding hydrogens is 277 g/mol. The molecule has 20 heavy (non-hydrogen) atoms. The van der Waals surface area contributed by atoms with Crippen LogP contribution >= 0.6 is 11.8 Å². The van der Waals surface area contributed by atoms with Gasteiger partial charge in [0.05, 0.1) is 17.9 Å². The molecule has 1 fully saturated rings. The number of carbonyl (C=O) groups is 1. The van der Waals surface area contributed by atoms with E-state index in [1.165, 1.54) is 17.8 Å². The van der Waals surface area contributed by atoms with Gasteiger partial charge >= 0.3 is 0 Å². The normalized spacial score (nSPS) is 22.6. The van der Waals surface area contributed by atoms with Gasteiger partial charge in [0.1, 0.15) is 5.82 Å². The molecule has 1 saturated carbocycles. The van der Waals surface area contributed by atoms with E-state index < -0.39 is 6.10 Å². The van der Waals surface area contributed by atoms with Gasteiger partial charge in [0.2, 0.25) is 5.91 Å². The van der Waals surface area contributed by atoms with Crippen LogP contribution in [-0.2, 0) is 4.79 Å². The lowest BCUT2D eigenvalue weighted by Gasteiger charge is -2.35. The molecule has 1 aromatic carbocycles. The Bertz CT molecular complexity index is 469. The fourth-order valence-corrected chi connectivity index (χ4v) is 3.39. The zero-order valence-electron chi connectivity index (χ0n) is 11.6. The predicted molar refractivity (Wildman–Crippen MR) is 78.2 cm³/mol. The van der Waals surface area contributed by atoms with Gasteiger partial charge in [0, 0.05) is 11.9 Å². The Labute approximate surface area is 123 Å². The predicted octanol–water partition coefficient (Wildman–Crippen LogP) is 2.68. The Hall–Kier alpha value is -1.07. The molecule has 5 heteroatoms. The molecule has 0 aromatic heterocycles. The van der Waals surface area contributed by atoms with Crippen molar-refractivity contribution < 1.29 is 14.3 Å². The minimum absolute atomic E-state index is 0.0656. The summed E-state index contributed by atoms with van der Waals surface area (Å²) in [7, 11) is 1.73. The van der Waals surface area contributed by atoms with Gasteiger partial charge in [-0.1, -0.05) is 25.0 Å². The van der Waals surface area contributed by atoms with Crippen LogP contribution in [0.1, 0.15) is 25.7 Å². The second-order valence-corrected chi connectivity index (χ2v) is 6.16. The van der Waals surface area contributed by atoms with Crippen LogP contribution in [0.5, 0.6) is 0 Å². The number of carbonyl (C=O) groups excluding carboxylic acids is 1. The number of likely N-dealkylation sites (N-methyl/N-ethyl adjacent to an activating group) is 1. The van der Waals surface area contributed by atoms with Crippen molar-refractivity contribution in [2.24, 2.45) is 0 Å². The van der Waals surface area contributed by atoms with E-state index in [9.17, 15) is 14.3 Å². The van der Waals surface area contributed by atoms with Crippen molar-refractivity contribution in [2.75, 3.05) is 12.8 Å². The largest absolute Gasteiger partial charge is 0.391 e. The second-order valence-electron chi connectivity index (χ2n) is 5.14. The van der Waals surface area contributed by atoms with Gasteiger partial charge in [-0.25, -0.2) is 4.39 Å². The average molecular weight is 297 g/mol. The maximum atomic E-state index is 13.5. The van der Waals surface area contributed by atoms with E-state index in [0.29, 0.717) is 4.90 Å². The molecule has 2 atom stereocenters. The van der Waals surface area contributed by atoms with Crippen molar-refractivity contribution in [3.05, 3.63) is 30.1 Å². The number of benzene rings is 1. The number of thioether (sulfide) groups is 1. The molecule has 2 unspecified atom stereocenters. The molecule has 1 amide bonds. The van der Waals surface area contributed by atoms with Crippen molar-refractivity contribution >= 4 is 17.7 Å². The van der Waals surface area contributed by atoms with Crippen molar-refractivity contribution in [3.8, 4) is 0 Å². The first kappa shape index (κ1) is 15.3. The van der Waals surface area contributed by atoms with E-state index in [0.717, 1.165) is 25.7 Å². The minimum atomic E-state index is -0.434. The van der Waals surface area contributed by atoms with E-state index in [1.807, 2.05) is 0 Å². The van der Waals surface area contributed by atoms with Gasteiger partial charge in [0.15, 0.2) is 0 Å². The Balaban J connectivity index is 1.89. The lowest BCUT2D eigenvalue weighted by molar-refractivity contribution is -0.132. The topological polar surface area (TPSA) is 40.5 Å². The molecule has 0 aliphatic heterocycles. The zero-order valence-corrected chi connectivity index (χ0v) is 12.4. The van der Waals surface area contributed by atoms with E-state index in [1.54, 1.807) is 30.1 Å².